The monoisotopic (exact) mass is 304 g/mol. The highest BCUT2D eigenvalue weighted by Crippen LogP contribution is 2.39. The van der Waals surface area contributed by atoms with Crippen LogP contribution in [0.25, 0.3) is 0 Å². The second-order valence-corrected chi connectivity index (χ2v) is 6.52. The first kappa shape index (κ1) is 14.1. The molecule has 0 saturated heterocycles. The summed E-state index contributed by atoms with van der Waals surface area (Å²) in [5.41, 5.74) is 7.41. The molecule has 0 aliphatic heterocycles. The molecule has 1 heterocycles. The minimum atomic E-state index is -0.240. The van der Waals surface area contributed by atoms with Crippen LogP contribution in [0.3, 0.4) is 0 Å². The van der Waals surface area contributed by atoms with Crippen molar-refractivity contribution >= 4 is 27.8 Å². The predicted octanol–water partition coefficient (Wildman–Crippen LogP) is 3.70. The van der Waals surface area contributed by atoms with Gasteiger partial charge < -0.3 is 10.6 Å². The van der Waals surface area contributed by atoms with Gasteiger partial charge in [-0.1, -0.05) is 12.1 Å². The highest BCUT2D eigenvalue weighted by molar-refractivity contribution is 7.18. The van der Waals surface area contributed by atoms with Crippen LogP contribution in [0.2, 0.25) is 0 Å². The maximum absolute atomic E-state index is 13.2. The molecule has 1 aromatic carbocycles. The van der Waals surface area contributed by atoms with Gasteiger partial charge in [0.05, 0.1) is 15.6 Å². The molecule has 1 aromatic heterocycles. The van der Waals surface area contributed by atoms with Crippen LogP contribution >= 0.6 is 11.3 Å². The van der Waals surface area contributed by atoms with Gasteiger partial charge >= 0.3 is 0 Å². The predicted molar refractivity (Wildman–Crippen MR) is 84.3 cm³/mol. The van der Waals surface area contributed by atoms with Gasteiger partial charge in [-0.15, -0.1) is 11.3 Å². The van der Waals surface area contributed by atoms with Crippen LogP contribution in [-0.4, -0.2) is 12.8 Å². The molecule has 3 nitrogen and oxygen atoms in total. The highest BCUT2D eigenvalue weighted by Gasteiger charge is 2.32. The van der Waals surface area contributed by atoms with Crippen molar-refractivity contribution in [3.05, 3.63) is 46.6 Å². The smallest absolute Gasteiger partial charge is 0.178 e. The standard InChI is InChI=1S/C16H17FN2OS/c1-19(9-10-3-2-4-12(17)7-10)14-8-13(18)16(21-14)15(20)11-5-6-11/h2-4,7-8,11H,5-6,9,18H2,1H3. The van der Waals surface area contributed by atoms with Gasteiger partial charge in [0.15, 0.2) is 5.78 Å². The van der Waals surface area contributed by atoms with Gasteiger partial charge in [-0.05, 0) is 36.6 Å². The zero-order chi connectivity index (χ0) is 15.0. The van der Waals surface area contributed by atoms with E-state index in [1.165, 1.54) is 23.5 Å². The number of carbonyl (C=O) groups excluding carboxylic acids is 1. The molecule has 3 rings (SSSR count). The number of ketones is 1. The first-order valence-electron chi connectivity index (χ1n) is 6.93. The van der Waals surface area contributed by atoms with Crippen molar-refractivity contribution in [2.75, 3.05) is 17.7 Å². The van der Waals surface area contributed by atoms with Crippen molar-refractivity contribution in [3.63, 3.8) is 0 Å². The highest BCUT2D eigenvalue weighted by atomic mass is 32.1. The third-order valence-electron chi connectivity index (χ3n) is 3.60. The zero-order valence-corrected chi connectivity index (χ0v) is 12.6. The Morgan fingerprint density at radius 3 is 2.86 bits per heavy atom. The van der Waals surface area contributed by atoms with Crippen LogP contribution in [0.1, 0.15) is 28.1 Å². The SMILES string of the molecule is CN(Cc1cccc(F)c1)c1cc(N)c(C(=O)C2CC2)s1. The molecule has 1 saturated carbocycles. The number of halogens is 1. The number of benzene rings is 1. The van der Waals surface area contributed by atoms with Gasteiger partial charge in [0.2, 0.25) is 0 Å². The van der Waals surface area contributed by atoms with E-state index in [1.54, 1.807) is 6.07 Å². The number of thiophene rings is 1. The van der Waals surface area contributed by atoms with Gasteiger partial charge in [-0.3, -0.25) is 4.79 Å². The minimum absolute atomic E-state index is 0.169. The topological polar surface area (TPSA) is 46.3 Å². The van der Waals surface area contributed by atoms with Gasteiger partial charge in [-0.25, -0.2) is 4.39 Å². The molecular weight excluding hydrogens is 287 g/mol. The first-order valence-corrected chi connectivity index (χ1v) is 7.75. The number of carbonyl (C=O) groups is 1. The summed E-state index contributed by atoms with van der Waals surface area (Å²) < 4.78 is 13.2. The zero-order valence-electron chi connectivity index (χ0n) is 11.8. The third-order valence-corrected chi connectivity index (χ3v) is 4.88. The Morgan fingerprint density at radius 2 is 2.19 bits per heavy atom. The Hall–Kier alpha value is -1.88. The lowest BCUT2D eigenvalue weighted by Crippen LogP contribution is -2.15. The number of nitrogen functional groups attached to an aromatic ring is 1. The lowest BCUT2D eigenvalue weighted by Gasteiger charge is -2.16. The molecule has 110 valence electrons. The molecule has 1 aliphatic rings. The van der Waals surface area contributed by atoms with Crippen LogP contribution < -0.4 is 10.6 Å². The van der Waals surface area contributed by atoms with E-state index >= 15 is 0 Å². The molecule has 1 fully saturated rings. The minimum Gasteiger partial charge on any atom is -0.397 e. The normalized spacial score (nSPS) is 14.2. The fourth-order valence-corrected chi connectivity index (χ4v) is 3.35. The third kappa shape index (κ3) is 3.08. The van der Waals surface area contributed by atoms with Crippen molar-refractivity contribution in [1.82, 2.24) is 0 Å². The van der Waals surface area contributed by atoms with Crippen LogP contribution in [0.5, 0.6) is 0 Å². The summed E-state index contributed by atoms with van der Waals surface area (Å²) in [6.45, 7) is 0.578. The molecule has 5 heteroatoms. The Morgan fingerprint density at radius 1 is 1.43 bits per heavy atom. The van der Waals surface area contributed by atoms with E-state index < -0.39 is 0 Å². The average molecular weight is 304 g/mol. The maximum atomic E-state index is 13.2. The lowest BCUT2D eigenvalue weighted by molar-refractivity contribution is 0.0972. The van der Waals surface area contributed by atoms with Crippen molar-refractivity contribution in [2.45, 2.75) is 19.4 Å². The van der Waals surface area contributed by atoms with E-state index in [9.17, 15) is 9.18 Å². The van der Waals surface area contributed by atoms with Crippen LogP contribution in [0.4, 0.5) is 15.1 Å². The number of hydrogen-bond acceptors (Lipinski definition) is 4. The Kier molecular flexibility index (Phi) is 3.68. The number of hydrogen-bond donors (Lipinski definition) is 1. The number of Topliss-reactive ketones (excluding diaryl/α,β-unsaturated/α-hetero) is 1. The van der Waals surface area contributed by atoms with Crippen molar-refractivity contribution in [3.8, 4) is 0 Å². The van der Waals surface area contributed by atoms with E-state index in [4.69, 9.17) is 5.73 Å². The summed E-state index contributed by atoms with van der Waals surface area (Å²) in [4.78, 5) is 14.8. The fraction of sp³-hybridized carbons (Fsp3) is 0.312. The first-order chi connectivity index (χ1) is 10.0. The Balaban J connectivity index is 1.77. The second-order valence-electron chi connectivity index (χ2n) is 5.49. The average Bonchev–Trinajstić information content (AvgIpc) is 3.21. The van der Waals surface area contributed by atoms with Gasteiger partial charge in [-0.2, -0.15) is 0 Å². The molecule has 0 atom stereocenters. The van der Waals surface area contributed by atoms with E-state index in [2.05, 4.69) is 0 Å². The largest absolute Gasteiger partial charge is 0.397 e. The van der Waals surface area contributed by atoms with Gasteiger partial charge in [0.25, 0.3) is 0 Å². The molecule has 0 spiro atoms. The molecule has 2 aromatic rings. The number of nitrogens with two attached hydrogens (primary N) is 1. The van der Waals surface area contributed by atoms with E-state index in [0.29, 0.717) is 17.1 Å². The molecule has 0 bridgehead atoms. The molecule has 0 amide bonds. The molecule has 2 N–H and O–H groups in total. The summed E-state index contributed by atoms with van der Waals surface area (Å²) in [6.07, 6.45) is 1.95. The quantitative estimate of drug-likeness (QED) is 0.857. The van der Waals surface area contributed by atoms with Gasteiger partial charge in [0.1, 0.15) is 5.82 Å². The fourth-order valence-electron chi connectivity index (χ4n) is 2.29. The summed E-state index contributed by atoms with van der Waals surface area (Å²) >= 11 is 1.43. The number of anilines is 2. The lowest BCUT2D eigenvalue weighted by atomic mass is 10.2. The summed E-state index contributed by atoms with van der Waals surface area (Å²) in [7, 11) is 1.92. The summed E-state index contributed by atoms with van der Waals surface area (Å²) in [5.74, 6) is 0.103. The van der Waals surface area contributed by atoms with Crippen molar-refractivity contribution in [1.29, 1.82) is 0 Å². The van der Waals surface area contributed by atoms with Crippen LogP contribution in [0, 0.1) is 11.7 Å². The van der Waals surface area contributed by atoms with Crippen molar-refractivity contribution in [2.24, 2.45) is 5.92 Å². The molecule has 21 heavy (non-hydrogen) atoms. The van der Waals surface area contributed by atoms with E-state index in [0.717, 1.165) is 23.4 Å². The molecule has 1 aliphatic carbocycles. The summed E-state index contributed by atoms with van der Waals surface area (Å²) in [5, 5.41) is 0.931. The Bertz CT molecular complexity index is 679. The second kappa shape index (κ2) is 5.48. The van der Waals surface area contributed by atoms with Gasteiger partial charge in [0, 0.05) is 19.5 Å². The van der Waals surface area contributed by atoms with E-state index in [1.807, 2.05) is 24.1 Å². The summed E-state index contributed by atoms with van der Waals surface area (Å²) in [6, 6.07) is 8.36. The molecule has 0 radical (unpaired) electrons. The van der Waals surface area contributed by atoms with Crippen LogP contribution in [0.15, 0.2) is 30.3 Å². The number of nitrogens with zero attached hydrogens (tertiary/aromatic N) is 1. The van der Waals surface area contributed by atoms with Crippen molar-refractivity contribution < 1.29 is 9.18 Å². The van der Waals surface area contributed by atoms with E-state index in [-0.39, 0.29) is 17.5 Å². The van der Waals surface area contributed by atoms with Crippen LogP contribution in [-0.2, 0) is 6.54 Å². The Labute approximate surface area is 127 Å². The molecule has 0 unspecified atom stereocenters. The number of rotatable bonds is 5. The molecular formula is C16H17FN2OS. The maximum Gasteiger partial charge on any atom is 0.178 e.